The molecule has 0 saturated carbocycles. The molecule has 296 valence electrons. The topological polar surface area (TPSA) is 69.9 Å². The van der Waals surface area contributed by atoms with Gasteiger partial charge in [0.2, 0.25) is 5.69 Å². The van der Waals surface area contributed by atoms with Gasteiger partial charge in [0.1, 0.15) is 6.54 Å². The Morgan fingerprint density at radius 2 is 1.44 bits per heavy atom. The third kappa shape index (κ3) is 8.28. The number of methoxy groups -OCH3 is 1. The number of carbonyl (C=O) groups is 2. The number of esters is 1. The minimum absolute atomic E-state index is 0.136. The summed E-state index contributed by atoms with van der Waals surface area (Å²) in [5.74, 6) is -0.857. The zero-order chi connectivity index (χ0) is 40.2. The second kappa shape index (κ2) is 17.1. The van der Waals surface area contributed by atoms with E-state index in [1.54, 1.807) is 0 Å². The quantitative estimate of drug-likeness (QED) is 0.0742. The van der Waals surface area contributed by atoms with Crippen LogP contribution in [0.4, 0.5) is 11.4 Å². The molecular weight excluding hydrogens is 705 g/mol. The summed E-state index contributed by atoms with van der Waals surface area (Å²) < 4.78 is 7.41. The van der Waals surface area contributed by atoms with Gasteiger partial charge in [-0.15, -0.1) is 0 Å². The molecule has 6 heteroatoms. The minimum atomic E-state index is -0.721. The van der Waals surface area contributed by atoms with E-state index >= 15 is 0 Å². The lowest BCUT2D eigenvalue weighted by Gasteiger charge is -2.27. The first-order chi connectivity index (χ1) is 27.5. The highest BCUT2D eigenvalue weighted by Gasteiger charge is 2.45. The lowest BCUT2D eigenvalue weighted by molar-refractivity contribution is -0.438. The number of benzene rings is 4. The van der Waals surface area contributed by atoms with Gasteiger partial charge in [0.05, 0.1) is 12.5 Å². The molecule has 0 saturated heterocycles. The van der Waals surface area contributed by atoms with Crippen molar-refractivity contribution in [3.63, 3.8) is 0 Å². The highest BCUT2D eigenvalue weighted by Crippen LogP contribution is 2.51. The van der Waals surface area contributed by atoms with Crippen molar-refractivity contribution in [1.29, 1.82) is 0 Å². The molecule has 2 heterocycles. The normalized spacial score (nSPS) is 18.5. The first-order valence-corrected chi connectivity index (χ1v) is 21.1. The van der Waals surface area contributed by atoms with Gasteiger partial charge < -0.3 is 14.7 Å². The van der Waals surface area contributed by atoms with Crippen LogP contribution in [0.1, 0.15) is 109 Å². The average Bonchev–Trinajstić information content (AvgIpc) is 3.56. The minimum Gasteiger partial charge on any atom is -0.481 e. The zero-order valence-electron chi connectivity index (χ0n) is 34.6. The summed E-state index contributed by atoms with van der Waals surface area (Å²) in [5.41, 5.74) is 10.3. The number of rotatable bonds is 15. The van der Waals surface area contributed by atoms with E-state index in [-0.39, 0.29) is 23.2 Å². The van der Waals surface area contributed by atoms with Gasteiger partial charge in [-0.1, -0.05) is 93.1 Å². The third-order valence-corrected chi connectivity index (χ3v) is 12.5. The van der Waals surface area contributed by atoms with Gasteiger partial charge >= 0.3 is 11.9 Å². The van der Waals surface area contributed by atoms with E-state index in [1.807, 2.05) is 0 Å². The van der Waals surface area contributed by atoms with Gasteiger partial charge in [0.25, 0.3) is 0 Å². The van der Waals surface area contributed by atoms with Gasteiger partial charge in [0.15, 0.2) is 5.71 Å². The molecule has 0 spiro atoms. The Labute approximate surface area is 338 Å². The van der Waals surface area contributed by atoms with Gasteiger partial charge in [-0.25, -0.2) is 0 Å². The van der Waals surface area contributed by atoms with Crippen molar-refractivity contribution in [3.8, 4) is 0 Å². The number of hydrogen-bond donors (Lipinski definition) is 1. The fourth-order valence-corrected chi connectivity index (χ4v) is 9.61. The summed E-state index contributed by atoms with van der Waals surface area (Å²) in [6.45, 7) is 11.2. The largest absolute Gasteiger partial charge is 0.481 e. The molecule has 7 rings (SSSR count). The molecule has 1 aliphatic carbocycles. The maximum absolute atomic E-state index is 11.8. The summed E-state index contributed by atoms with van der Waals surface area (Å²) in [6.07, 6.45) is 21.1. The number of carboxylic acid groups (broad SMARTS) is 1. The number of hydrogen-bond acceptors (Lipinski definition) is 4. The Morgan fingerprint density at radius 1 is 0.754 bits per heavy atom. The maximum Gasteiger partial charge on any atom is 0.305 e. The third-order valence-electron chi connectivity index (χ3n) is 12.5. The first kappa shape index (κ1) is 40.0. The van der Waals surface area contributed by atoms with Gasteiger partial charge in [-0.3, -0.25) is 9.59 Å². The van der Waals surface area contributed by atoms with Crippen molar-refractivity contribution in [1.82, 2.24) is 0 Å². The monoisotopic (exact) mass is 763 g/mol. The predicted molar refractivity (Wildman–Crippen MR) is 235 cm³/mol. The van der Waals surface area contributed by atoms with Crippen LogP contribution in [0, 0.1) is 0 Å². The van der Waals surface area contributed by atoms with Crippen LogP contribution in [0.2, 0.25) is 0 Å². The Hall–Kier alpha value is -5.23. The number of nitrogens with zero attached hydrogens (tertiary/aromatic N) is 2. The van der Waals surface area contributed by atoms with Crippen LogP contribution in [0.15, 0.2) is 120 Å². The molecule has 3 aliphatic rings. The van der Waals surface area contributed by atoms with Crippen LogP contribution < -0.4 is 4.90 Å². The van der Waals surface area contributed by atoms with Gasteiger partial charge in [-0.2, -0.15) is 4.58 Å². The predicted octanol–water partition coefficient (Wildman–Crippen LogP) is 12.0. The molecule has 0 fully saturated rings. The van der Waals surface area contributed by atoms with E-state index in [0.29, 0.717) is 12.8 Å². The van der Waals surface area contributed by atoms with Crippen molar-refractivity contribution in [2.45, 2.75) is 109 Å². The van der Waals surface area contributed by atoms with Gasteiger partial charge in [0, 0.05) is 60.3 Å². The van der Waals surface area contributed by atoms with E-state index < -0.39 is 5.97 Å². The summed E-state index contributed by atoms with van der Waals surface area (Å²) in [7, 11) is 1.46. The summed E-state index contributed by atoms with van der Waals surface area (Å²) in [6, 6.07) is 26.5. The van der Waals surface area contributed by atoms with Crippen molar-refractivity contribution in [3.05, 3.63) is 131 Å². The standard InChI is InChI=1S/C51H58N2O4/c1-50(2)44(52(33-14-6-8-23-46(54)55)42-29-27-38-19-10-12-21-40(38)48(42)50)31-25-36-17-16-18-37(35-36)26-32-45-51(3,4)49-41-22-13-11-20-39(41)28-30-43(49)53(45)34-15-7-9-24-47(56)57-5/h10-13,19-22,25-32,35H,6-9,14-18,23-24,33-34H2,1-5H3/p+1. The second-order valence-corrected chi connectivity index (χ2v) is 17.1. The van der Waals surface area contributed by atoms with Gasteiger partial charge in [-0.05, 0) is 115 Å². The molecule has 2 aliphatic heterocycles. The fourth-order valence-electron chi connectivity index (χ4n) is 9.61. The average molecular weight is 764 g/mol. The molecule has 4 aromatic carbocycles. The van der Waals surface area contributed by atoms with Crippen LogP contribution in [-0.2, 0) is 25.2 Å². The lowest BCUT2D eigenvalue weighted by Crippen LogP contribution is -2.28. The number of carboxylic acids is 1. The number of carbonyl (C=O) groups excluding carboxylic acids is 1. The number of unbranched alkanes of at least 4 members (excludes halogenated alkanes) is 4. The van der Waals surface area contributed by atoms with Crippen molar-refractivity contribution >= 4 is 50.6 Å². The number of allylic oxidation sites excluding steroid dienone is 8. The molecule has 1 N–H and O–H groups in total. The van der Waals surface area contributed by atoms with Crippen LogP contribution in [0.25, 0.3) is 21.5 Å². The summed E-state index contributed by atoms with van der Waals surface area (Å²) >= 11 is 0. The lowest BCUT2D eigenvalue weighted by atomic mass is 9.79. The Kier molecular flexibility index (Phi) is 12.0. The van der Waals surface area contributed by atoms with Crippen LogP contribution >= 0.6 is 0 Å². The number of fused-ring (bicyclic) bond motifs is 6. The highest BCUT2D eigenvalue weighted by molar-refractivity contribution is 6.07. The number of ether oxygens (including phenoxy) is 1. The summed E-state index contributed by atoms with van der Waals surface area (Å²) in [4.78, 5) is 25.4. The smallest absolute Gasteiger partial charge is 0.305 e. The Bertz CT molecular complexity index is 2340. The van der Waals surface area contributed by atoms with Crippen LogP contribution in [0.3, 0.4) is 0 Å². The number of aliphatic carboxylic acids is 1. The second-order valence-electron chi connectivity index (χ2n) is 17.1. The van der Waals surface area contributed by atoms with Crippen molar-refractivity contribution in [2.75, 3.05) is 25.1 Å². The highest BCUT2D eigenvalue weighted by atomic mass is 16.5. The molecule has 0 aromatic heterocycles. The molecule has 4 aromatic rings. The SMILES string of the molecule is COC(=O)CCCCC[N+]1=C(C=CC2=CC(=CC=C3N(CCCCCC(=O)O)c4ccc5ccccc5c4C3(C)C)CCC2)C(C)(C)c2c1ccc1ccccc21. The molecule has 6 nitrogen and oxygen atoms in total. The van der Waals surface area contributed by atoms with E-state index in [9.17, 15) is 14.7 Å². The van der Waals surface area contributed by atoms with Crippen molar-refractivity contribution in [2.24, 2.45) is 0 Å². The molecular formula is C51H59N2O4+. The Morgan fingerprint density at radius 3 is 2.18 bits per heavy atom. The van der Waals surface area contributed by atoms with E-state index in [0.717, 1.165) is 64.5 Å². The van der Waals surface area contributed by atoms with Crippen LogP contribution in [0.5, 0.6) is 0 Å². The van der Waals surface area contributed by atoms with E-state index in [2.05, 4.69) is 140 Å². The molecule has 0 radical (unpaired) electrons. The molecule has 0 bridgehead atoms. The van der Waals surface area contributed by atoms with E-state index in [4.69, 9.17) is 4.74 Å². The molecule has 0 amide bonds. The zero-order valence-corrected chi connectivity index (χ0v) is 34.6. The first-order valence-electron chi connectivity index (χ1n) is 21.1. The molecule has 0 unspecified atom stereocenters. The van der Waals surface area contributed by atoms with E-state index in [1.165, 1.54) is 73.7 Å². The maximum atomic E-state index is 11.8. The Balaban J connectivity index is 1.18. The van der Waals surface area contributed by atoms with Crippen LogP contribution in [-0.4, -0.2) is 47.5 Å². The molecule has 57 heavy (non-hydrogen) atoms. The molecule has 0 atom stereocenters. The number of anilines is 1. The fraction of sp³-hybridized carbons (Fsp3) is 0.392. The summed E-state index contributed by atoms with van der Waals surface area (Å²) in [5, 5.41) is 14.3. The van der Waals surface area contributed by atoms with Crippen molar-refractivity contribution < 1.29 is 24.0 Å².